The summed E-state index contributed by atoms with van der Waals surface area (Å²) in [6.07, 6.45) is 1.81. The topological polar surface area (TPSA) is 37.9 Å². The fourth-order valence-corrected chi connectivity index (χ4v) is 2.33. The third kappa shape index (κ3) is 3.07. The third-order valence-electron chi connectivity index (χ3n) is 3.28. The first-order valence-corrected chi connectivity index (χ1v) is 7.46. The van der Waals surface area contributed by atoms with Crippen molar-refractivity contribution < 1.29 is 4.74 Å². The largest absolute Gasteiger partial charge is 0.494 e. The normalized spacial score (nSPS) is 10.1. The zero-order chi connectivity index (χ0) is 15.2. The van der Waals surface area contributed by atoms with Crippen molar-refractivity contribution in [1.82, 2.24) is 9.97 Å². The Labute approximate surface area is 126 Å². The van der Waals surface area contributed by atoms with Crippen molar-refractivity contribution in [3.05, 3.63) is 48.2 Å². The van der Waals surface area contributed by atoms with Crippen LogP contribution < -0.4 is 4.74 Å². The van der Waals surface area contributed by atoms with E-state index in [1.807, 2.05) is 39.0 Å². The molecule has 3 rings (SSSR count). The van der Waals surface area contributed by atoms with Gasteiger partial charge in [-0.3, -0.25) is 0 Å². The van der Waals surface area contributed by atoms with Gasteiger partial charge in [0.25, 0.3) is 0 Å². The molecule has 3 nitrogen and oxygen atoms in total. The van der Waals surface area contributed by atoms with Crippen LogP contribution in [0.2, 0.25) is 0 Å². The molecule has 110 valence electrons. The quantitative estimate of drug-likeness (QED) is 0.737. The van der Waals surface area contributed by atoms with Crippen LogP contribution in [0.1, 0.15) is 26.3 Å². The lowest BCUT2D eigenvalue weighted by molar-refractivity contribution is 0.340. The van der Waals surface area contributed by atoms with Crippen molar-refractivity contribution in [2.75, 3.05) is 6.61 Å². The number of nitrogens with one attached hydrogen (secondary N) is 1. The Bertz CT molecular complexity index is 699. The van der Waals surface area contributed by atoms with Crippen molar-refractivity contribution >= 4 is 11.0 Å². The van der Waals surface area contributed by atoms with E-state index < -0.39 is 0 Å². The Kier molecular flexibility index (Phi) is 4.99. The Morgan fingerprint density at radius 1 is 1.10 bits per heavy atom. The second kappa shape index (κ2) is 6.93. The third-order valence-corrected chi connectivity index (χ3v) is 3.28. The summed E-state index contributed by atoms with van der Waals surface area (Å²) in [5.74, 6) is 0.901. The number of ether oxygens (including phenoxy) is 1. The summed E-state index contributed by atoms with van der Waals surface area (Å²) in [5, 5.41) is 1.17. The molecule has 0 aliphatic carbocycles. The zero-order valence-electron chi connectivity index (χ0n) is 13.1. The van der Waals surface area contributed by atoms with E-state index >= 15 is 0 Å². The molecule has 21 heavy (non-hydrogen) atoms. The summed E-state index contributed by atoms with van der Waals surface area (Å²) in [4.78, 5) is 7.73. The number of aromatic amines is 1. The van der Waals surface area contributed by atoms with Crippen molar-refractivity contribution in [2.24, 2.45) is 0 Å². The van der Waals surface area contributed by atoms with Crippen LogP contribution in [0.4, 0.5) is 0 Å². The monoisotopic (exact) mass is 282 g/mol. The SMILES string of the molecule is CC.CCOc1ccc(-c2[nH]c3ncccc3c2C)cc1. The maximum atomic E-state index is 5.46. The second-order valence-electron chi connectivity index (χ2n) is 4.48. The van der Waals surface area contributed by atoms with Crippen molar-refractivity contribution in [3.63, 3.8) is 0 Å². The lowest BCUT2D eigenvalue weighted by atomic mass is 10.1. The highest BCUT2D eigenvalue weighted by atomic mass is 16.5. The number of hydrogen-bond acceptors (Lipinski definition) is 2. The van der Waals surface area contributed by atoms with Gasteiger partial charge in [0.05, 0.1) is 12.3 Å². The maximum Gasteiger partial charge on any atom is 0.137 e. The Balaban J connectivity index is 0.000000774. The van der Waals surface area contributed by atoms with Gasteiger partial charge in [0.1, 0.15) is 11.4 Å². The average Bonchev–Trinajstić information content (AvgIpc) is 2.88. The Hall–Kier alpha value is -2.29. The summed E-state index contributed by atoms with van der Waals surface area (Å²) in [7, 11) is 0. The van der Waals surface area contributed by atoms with Crippen LogP contribution in [-0.4, -0.2) is 16.6 Å². The highest BCUT2D eigenvalue weighted by molar-refractivity contribution is 5.87. The number of fused-ring (bicyclic) bond motifs is 1. The summed E-state index contributed by atoms with van der Waals surface area (Å²) in [6, 6.07) is 12.2. The van der Waals surface area contributed by atoms with Crippen molar-refractivity contribution in [2.45, 2.75) is 27.7 Å². The summed E-state index contributed by atoms with van der Waals surface area (Å²) >= 11 is 0. The van der Waals surface area contributed by atoms with E-state index in [4.69, 9.17) is 4.74 Å². The minimum absolute atomic E-state index is 0.689. The van der Waals surface area contributed by atoms with Crippen LogP contribution >= 0.6 is 0 Å². The van der Waals surface area contributed by atoms with Crippen molar-refractivity contribution in [1.29, 1.82) is 0 Å². The lowest BCUT2D eigenvalue weighted by Gasteiger charge is -2.04. The molecule has 2 heterocycles. The minimum Gasteiger partial charge on any atom is -0.494 e. The Morgan fingerprint density at radius 2 is 1.81 bits per heavy atom. The van der Waals surface area contributed by atoms with E-state index in [2.05, 4.69) is 35.1 Å². The van der Waals surface area contributed by atoms with Crippen molar-refractivity contribution in [3.8, 4) is 17.0 Å². The first kappa shape index (κ1) is 15.1. The van der Waals surface area contributed by atoms with E-state index in [1.165, 1.54) is 10.9 Å². The molecule has 0 spiro atoms. The predicted molar refractivity (Wildman–Crippen MR) is 88.8 cm³/mol. The van der Waals surface area contributed by atoms with E-state index in [0.29, 0.717) is 6.61 Å². The van der Waals surface area contributed by atoms with Crippen LogP contribution in [-0.2, 0) is 0 Å². The molecule has 0 saturated heterocycles. The summed E-state index contributed by atoms with van der Waals surface area (Å²) in [5.41, 5.74) is 4.44. The average molecular weight is 282 g/mol. The molecule has 0 bridgehead atoms. The summed E-state index contributed by atoms with van der Waals surface area (Å²) in [6.45, 7) is 8.79. The van der Waals surface area contributed by atoms with Crippen LogP contribution in [0.25, 0.3) is 22.3 Å². The molecular formula is C18H22N2O. The van der Waals surface area contributed by atoms with Gasteiger partial charge in [-0.2, -0.15) is 0 Å². The van der Waals surface area contributed by atoms with E-state index in [9.17, 15) is 0 Å². The van der Waals surface area contributed by atoms with Gasteiger partial charge in [-0.15, -0.1) is 0 Å². The number of benzene rings is 1. The number of aromatic nitrogens is 2. The molecule has 1 aromatic carbocycles. The molecule has 3 heteroatoms. The second-order valence-corrected chi connectivity index (χ2v) is 4.48. The number of pyridine rings is 1. The molecule has 0 radical (unpaired) electrons. The number of rotatable bonds is 3. The fraction of sp³-hybridized carbons (Fsp3) is 0.278. The molecule has 1 N–H and O–H groups in total. The Morgan fingerprint density at radius 3 is 2.43 bits per heavy atom. The first-order valence-electron chi connectivity index (χ1n) is 7.46. The van der Waals surface area contributed by atoms with Gasteiger partial charge in [0, 0.05) is 11.6 Å². The van der Waals surface area contributed by atoms with Crippen LogP contribution in [0.5, 0.6) is 5.75 Å². The van der Waals surface area contributed by atoms with E-state index in [-0.39, 0.29) is 0 Å². The molecular weight excluding hydrogens is 260 g/mol. The molecule has 0 atom stereocenters. The van der Waals surface area contributed by atoms with E-state index in [0.717, 1.165) is 22.7 Å². The van der Waals surface area contributed by atoms with Gasteiger partial charge in [0.15, 0.2) is 0 Å². The molecule has 0 amide bonds. The maximum absolute atomic E-state index is 5.46. The zero-order valence-corrected chi connectivity index (χ0v) is 13.1. The molecule has 0 fully saturated rings. The summed E-state index contributed by atoms with van der Waals surface area (Å²) < 4.78 is 5.46. The van der Waals surface area contributed by atoms with Crippen LogP contribution in [0, 0.1) is 6.92 Å². The standard InChI is InChI=1S/C16H16N2O.C2H6/c1-3-19-13-8-6-12(7-9-13)15-11(2)14-5-4-10-17-16(14)18-15;1-2/h4-10H,3H2,1-2H3,(H,17,18);1-2H3. The van der Waals surface area contributed by atoms with Gasteiger partial charge in [0.2, 0.25) is 0 Å². The number of hydrogen-bond donors (Lipinski definition) is 1. The van der Waals surface area contributed by atoms with Crippen LogP contribution in [0.15, 0.2) is 42.6 Å². The van der Waals surface area contributed by atoms with Gasteiger partial charge in [-0.1, -0.05) is 13.8 Å². The predicted octanol–water partition coefficient (Wildman–Crippen LogP) is 4.96. The van der Waals surface area contributed by atoms with E-state index in [1.54, 1.807) is 6.20 Å². The number of nitrogens with zero attached hydrogens (tertiary/aromatic N) is 1. The van der Waals surface area contributed by atoms with Crippen LogP contribution in [0.3, 0.4) is 0 Å². The van der Waals surface area contributed by atoms with Gasteiger partial charge in [-0.05, 0) is 61.4 Å². The highest BCUT2D eigenvalue weighted by Gasteiger charge is 2.09. The fourth-order valence-electron chi connectivity index (χ4n) is 2.33. The molecule has 0 aliphatic heterocycles. The number of H-pyrrole nitrogens is 1. The molecule has 2 aromatic heterocycles. The smallest absolute Gasteiger partial charge is 0.137 e. The molecule has 0 aliphatic rings. The highest BCUT2D eigenvalue weighted by Crippen LogP contribution is 2.29. The first-order chi connectivity index (χ1) is 10.3. The van der Waals surface area contributed by atoms with Gasteiger partial charge >= 0.3 is 0 Å². The number of aryl methyl sites for hydroxylation is 1. The minimum atomic E-state index is 0.689. The lowest BCUT2D eigenvalue weighted by Crippen LogP contribution is -1.90. The van der Waals surface area contributed by atoms with Gasteiger partial charge in [-0.25, -0.2) is 4.98 Å². The molecule has 0 saturated carbocycles. The molecule has 0 unspecified atom stereocenters. The van der Waals surface area contributed by atoms with Gasteiger partial charge < -0.3 is 9.72 Å². The molecule has 3 aromatic rings.